The molecule has 2 aromatic rings. The van der Waals surface area contributed by atoms with Crippen LogP contribution >= 0.6 is 15.9 Å². The number of rotatable bonds is 1. The summed E-state index contributed by atoms with van der Waals surface area (Å²) in [6, 6.07) is 8.10. The number of halogens is 1. The normalized spacial score (nSPS) is 10.3. The Bertz CT molecular complexity index is 407. The monoisotopic (exact) mass is 236 g/mol. The number of nitrogens with one attached hydrogen (secondary N) is 1. The van der Waals surface area contributed by atoms with E-state index >= 15 is 0 Å². The van der Waals surface area contributed by atoms with Crippen molar-refractivity contribution in [1.29, 1.82) is 0 Å². The lowest BCUT2D eigenvalue weighted by atomic mass is 10.1. The minimum absolute atomic E-state index is 1.05. The van der Waals surface area contributed by atoms with Gasteiger partial charge in [0.25, 0.3) is 0 Å². The molecule has 0 radical (unpaired) electrons. The van der Waals surface area contributed by atoms with Gasteiger partial charge in [0.15, 0.2) is 0 Å². The van der Waals surface area contributed by atoms with Crippen LogP contribution in [0, 0.1) is 6.92 Å². The van der Waals surface area contributed by atoms with Gasteiger partial charge in [0.1, 0.15) is 0 Å². The summed E-state index contributed by atoms with van der Waals surface area (Å²) in [5.41, 5.74) is 3.47. The molecule has 66 valence electrons. The fourth-order valence-corrected chi connectivity index (χ4v) is 1.67. The predicted molar refractivity (Wildman–Crippen MR) is 56.5 cm³/mol. The van der Waals surface area contributed by atoms with E-state index < -0.39 is 0 Å². The van der Waals surface area contributed by atoms with Crippen LogP contribution in [0.25, 0.3) is 11.3 Å². The van der Waals surface area contributed by atoms with Gasteiger partial charge in [0.2, 0.25) is 0 Å². The summed E-state index contributed by atoms with van der Waals surface area (Å²) in [5, 5.41) is 6.88. The maximum Gasteiger partial charge on any atom is 0.0653 e. The highest BCUT2D eigenvalue weighted by Crippen LogP contribution is 2.26. The molecular weight excluding hydrogens is 228 g/mol. The van der Waals surface area contributed by atoms with Crippen LogP contribution in [0.15, 0.2) is 34.9 Å². The Hall–Kier alpha value is -1.09. The maximum absolute atomic E-state index is 3.93. The van der Waals surface area contributed by atoms with Crippen LogP contribution in [0.2, 0.25) is 0 Å². The van der Waals surface area contributed by atoms with Gasteiger partial charge >= 0.3 is 0 Å². The number of hydrogen-bond acceptors (Lipinski definition) is 1. The van der Waals surface area contributed by atoms with Crippen molar-refractivity contribution in [2.24, 2.45) is 0 Å². The first-order valence-corrected chi connectivity index (χ1v) is 4.83. The zero-order valence-corrected chi connectivity index (χ0v) is 8.80. The Morgan fingerprint density at radius 1 is 1.31 bits per heavy atom. The van der Waals surface area contributed by atoms with Gasteiger partial charge < -0.3 is 0 Å². The Labute approximate surface area is 85.1 Å². The molecule has 0 aliphatic rings. The second-order valence-corrected chi connectivity index (χ2v) is 3.74. The molecule has 13 heavy (non-hydrogen) atoms. The van der Waals surface area contributed by atoms with Gasteiger partial charge in [0.05, 0.1) is 5.69 Å². The summed E-state index contributed by atoms with van der Waals surface area (Å²) in [5.74, 6) is 0. The quantitative estimate of drug-likeness (QED) is 0.810. The lowest BCUT2D eigenvalue weighted by Gasteiger charge is -2.04. The van der Waals surface area contributed by atoms with Crippen LogP contribution in [-0.4, -0.2) is 10.2 Å². The smallest absolute Gasteiger partial charge is 0.0653 e. The average molecular weight is 237 g/mol. The van der Waals surface area contributed by atoms with E-state index in [0.717, 1.165) is 10.2 Å². The van der Waals surface area contributed by atoms with Gasteiger partial charge in [-0.15, -0.1) is 0 Å². The molecule has 0 unspecified atom stereocenters. The first-order chi connectivity index (χ1) is 6.29. The fourth-order valence-electron chi connectivity index (χ4n) is 1.31. The van der Waals surface area contributed by atoms with Gasteiger partial charge in [-0.3, -0.25) is 5.10 Å². The molecule has 2 rings (SSSR count). The van der Waals surface area contributed by atoms with E-state index in [-0.39, 0.29) is 0 Å². The van der Waals surface area contributed by atoms with E-state index in [9.17, 15) is 0 Å². The van der Waals surface area contributed by atoms with Crippen LogP contribution in [0.5, 0.6) is 0 Å². The minimum Gasteiger partial charge on any atom is -0.278 e. The topological polar surface area (TPSA) is 28.7 Å². The lowest BCUT2D eigenvalue weighted by Crippen LogP contribution is -1.84. The summed E-state index contributed by atoms with van der Waals surface area (Å²) in [6.07, 6.45) is 1.76. The Morgan fingerprint density at radius 2 is 2.15 bits per heavy atom. The first kappa shape index (κ1) is 8.51. The average Bonchev–Trinajstić information content (AvgIpc) is 2.62. The van der Waals surface area contributed by atoms with Crippen molar-refractivity contribution in [3.63, 3.8) is 0 Å². The molecule has 0 amide bonds. The highest BCUT2D eigenvalue weighted by atomic mass is 79.9. The number of nitrogens with zero attached hydrogens (tertiary/aromatic N) is 1. The van der Waals surface area contributed by atoms with E-state index in [2.05, 4.69) is 39.1 Å². The largest absolute Gasteiger partial charge is 0.278 e. The summed E-state index contributed by atoms with van der Waals surface area (Å²) in [4.78, 5) is 0. The molecule has 0 aliphatic carbocycles. The van der Waals surface area contributed by atoms with Gasteiger partial charge in [-0.2, -0.15) is 5.10 Å². The Balaban J connectivity index is 2.59. The van der Waals surface area contributed by atoms with E-state index in [1.165, 1.54) is 11.1 Å². The van der Waals surface area contributed by atoms with Crippen molar-refractivity contribution >= 4 is 15.9 Å². The predicted octanol–water partition coefficient (Wildman–Crippen LogP) is 3.15. The van der Waals surface area contributed by atoms with Crippen molar-refractivity contribution in [3.8, 4) is 11.3 Å². The molecule has 2 nitrogen and oxygen atoms in total. The number of aromatic nitrogens is 2. The van der Waals surface area contributed by atoms with Gasteiger partial charge in [-0.25, -0.2) is 0 Å². The molecule has 0 bridgehead atoms. The maximum atomic E-state index is 3.93. The molecule has 1 heterocycles. The molecule has 0 aliphatic heterocycles. The highest BCUT2D eigenvalue weighted by molar-refractivity contribution is 9.10. The second-order valence-electron chi connectivity index (χ2n) is 2.88. The number of H-pyrrole nitrogens is 1. The Morgan fingerprint density at radius 3 is 2.85 bits per heavy atom. The van der Waals surface area contributed by atoms with E-state index in [1.807, 2.05) is 18.2 Å². The van der Waals surface area contributed by atoms with E-state index in [4.69, 9.17) is 0 Å². The summed E-state index contributed by atoms with van der Waals surface area (Å²) >= 11 is 3.50. The van der Waals surface area contributed by atoms with Gasteiger partial charge in [0, 0.05) is 16.2 Å². The van der Waals surface area contributed by atoms with Crippen LogP contribution in [-0.2, 0) is 0 Å². The zero-order valence-electron chi connectivity index (χ0n) is 7.21. The zero-order chi connectivity index (χ0) is 9.26. The van der Waals surface area contributed by atoms with Crippen LogP contribution < -0.4 is 0 Å². The first-order valence-electron chi connectivity index (χ1n) is 4.04. The third-order valence-electron chi connectivity index (χ3n) is 2.06. The second kappa shape index (κ2) is 3.34. The summed E-state index contributed by atoms with van der Waals surface area (Å²) < 4.78 is 1.12. The third kappa shape index (κ3) is 1.52. The van der Waals surface area contributed by atoms with Crippen molar-refractivity contribution in [2.75, 3.05) is 0 Å². The fraction of sp³-hybridized carbons (Fsp3) is 0.100. The minimum atomic E-state index is 1.05. The van der Waals surface area contributed by atoms with E-state index in [1.54, 1.807) is 6.20 Å². The molecule has 0 fully saturated rings. The van der Waals surface area contributed by atoms with Gasteiger partial charge in [-0.1, -0.05) is 28.1 Å². The number of benzene rings is 1. The van der Waals surface area contributed by atoms with Crippen LogP contribution in [0.3, 0.4) is 0 Å². The molecule has 3 heteroatoms. The molecule has 0 atom stereocenters. The van der Waals surface area contributed by atoms with Crippen LogP contribution in [0.4, 0.5) is 0 Å². The molecule has 0 saturated carbocycles. The SMILES string of the molecule is Cc1c(Br)cccc1-c1ccn[nH]1. The molecular formula is C10H9BrN2. The van der Waals surface area contributed by atoms with Crippen molar-refractivity contribution in [3.05, 3.63) is 40.5 Å². The standard InChI is InChI=1S/C10H9BrN2/c1-7-8(3-2-4-9(7)11)10-5-6-12-13-10/h2-6H,1H3,(H,12,13). The molecule has 0 saturated heterocycles. The summed E-state index contributed by atoms with van der Waals surface area (Å²) in [6.45, 7) is 2.08. The molecule has 0 spiro atoms. The van der Waals surface area contributed by atoms with Crippen molar-refractivity contribution < 1.29 is 0 Å². The lowest BCUT2D eigenvalue weighted by molar-refractivity contribution is 1.09. The summed E-state index contributed by atoms with van der Waals surface area (Å²) in [7, 11) is 0. The van der Waals surface area contributed by atoms with Crippen LogP contribution in [0.1, 0.15) is 5.56 Å². The molecule has 1 aromatic carbocycles. The number of aromatic amines is 1. The number of hydrogen-bond donors (Lipinski definition) is 1. The van der Waals surface area contributed by atoms with Gasteiger partial charge in [-0.05, 0) is 24.6 Å². The highest BCUT2D eigenvalue weighted by Gasteiger charge is 2.04. The third-order valence-corrected chi connectivity index (χ3v) is 2.92. The van der Waals surface area contributed by atoms with E-state index in [0.29, 0.717) is 0 Å². The molecule has 1 N–H and O–H groups in total. The van der Waals surface area contributed by atoms with Crippen molar-refractivity contribution in [2.45, 2.75) is 6.92 Å². The molecule has 1 aromatic heterocycles. The Kier molecular flexibility index (Phi) is 2.19. The van der Waals surface area contributed by atoms with Crippen molar-refractivity contribution in [1.82, 2.24) is 10.2 Å².